The SMILES string of the molecule is CC(C)(C)S(=O)(=O)Cc1cccc(NC(=O)c2ccccc2O)c1. The molecule has 2 aromatic rings. The number of aromatic hydroxyl groups is 1. The van der Waals surface area contributed by atoms with E-state index in [1.807, 2.05) is 0 Å². The molecule has 0 saturated heterocycles. The van der Waals surface area contributed by atoms with Gasteiger partial charge in [0.2, 0.25) is 0 Å². The van der Waals surface area contributed by atoms with Crippen LogP contribution in [0.15, 0.2) is 48.5 Å². The Morgan fingerprint density at radius 3 is 2.38 bits per heavy atom. The maximum Gasteiger partial charge on any atom is 0.259 e. The monoisotopic (exact) mass is 347 g/mol. The molecule has 0 bridgehead atoms. The van der Waals surface area contributed by atoms with E-state index in [2.05, 4.69) is 5.32 Å². The number of hydrogen-bond acceptors (Lipinski definition) is 4. The highest BCUT2D eigenvalue weighted by atomic mass is 32.2. The first-order valence-electron chi connectivity index (χ1n) is 7.51. The summed E-state index contributed by atoms with van der Waals surface area (Å²) < 4.78 is 23.8. The van der Waals surface area contributed by atoms with Crippen molar-refractivity contribution in [3.05, 3.63) is 59.7 Å². The van der Waals surface area contributed by atoms with E-state index >= 15 is 0 Å². The molecule has 0 atom stereocenters. The predicted molar refractivity (Wildman–Crippen MR) is 94.9 cm³/mol. The molecule has 0 aliphatic heterocycles. The van der Waals surface area contributed by atoms with Crippen molar-refractivity contribution in [1.29, 1.82) is 0 Å². The molecule has 24 heavy (non-hydrogen) atoms. The number of rotatable bonds is 4. The number of amides is 1. The van der Waals surface area contributed by atoms with Gasteiger partial charge in [0.15, 0.2) is 9.84 Å². The Balaban J connectivity index is 2.20. The van der Waals surface area contributed by atoms with Gasteiger partial charge in [0.25, 0.3) is 5.91 Å². The molecule has 0 unspecified atom stereocenters. The van der Waals surface area contributed by atoms with Gasteiger partial charge >= 0.3 is 0 Å². The van der Waals surface area contributed by atoms with E-state index < -0.39 is 20.5 Å². The zero-order valence-electron chi connectivity index (χ0n) is 13.9. The van der Waals surface area contributed by atoms with Gasteiger partial charge in [-0.25, -0.2) is 8.42 Å². The molecule has 128 valence electrons. The average molecular weight is 347 g/mol. The van der Waals surface area contributed by atoms with Gasteiger partial charge in [-0.05, 0) is 50.6 Å². The highest BCUT2D eigenvalue weighted by Crippen LogP contribution is 2.23. The summed E-state index contributed by atoms with van der Waals surface area (Å²) in [5.41, 5.74) is 1.23. The van der Waals surface area contributed by atoms with Crippen molar-refractivity contribution in [2.24, 2.45) is 0 Å². The van der Waals surface area contributed by atoms with Gasteiger partial charge in [-0.2, -0.15) is 0 Å². The molecule has 1 amide bonds. The minimum absolute atomic E-state index is 0.100. The van der Waals surface area contributed by atoms with E-state index in [0.717, 1.165) is 0 Å². The van der Waals surface area contributed by atoms with Gasteiger partial charge in [0, 0.05) is 5.69 Å². The van der Waals surface area contributed by atoms with Crippen LogP contribution in [-0.4, -0.2) is 24.2 Å². The van der Waals surface area contributed by atoms with Crippen LogP contribution in [0.25, 0.3) is 0 Å². The highest BCUT2D eigenvalue weighted by Gasteiger charge is 2.29. The molecule has 2 aromatic carbocycles. The second-order valence-corrected chi connectivity index (χ2v) is 9.29. The molecule has 2 N–H and O–H groups in total. The smallest absolute Gasteiger partial charge is 0.259 e. The Hall–Kier alpha value is -2.34. The summed E-state index contributed by atoms with van der Waals surface area (Å²) in [4.78, 5) is 12.2. The van der Waals surface area contributed by atoms with Crippen LogP contribution in [0, 0.1) is 0 Å². The summed E-state index contributed by atoms with van der Waals surface area (Å²) in [6.45, 7) is 4.98. The standard InChI is InChI=1S/C18H21NO4S/c1-18(2,3)24(22,23)12-13-7-6-8-14(11-13)19-17(21)15-9-4-5-10-16(15)20/h4-11,20H,12H2,1-3H3,(H,19,21). The summed E-state index contributed by atoms with van der Waals surface area (Å²) >= 11 is 0. The van der Waals surface area contributed by atoms with Gasteiger partial charge < -0.3 is 10.4 Å². The second-order valence-electron chi connectivity index (χ2n) is 6.54. The predicted octanol–water partition coefficient (Wildman–Crippen LogP) is 3.36. The topological polar surface area (TPSA) is 83.5 Å². The number of sulfone groups is 1. The van der Waals surface area contributed by atoms with Gasteiger partial charge in [-0.1, -0.05) is 24.3 Å². The number of carbonyl (C=O) groups excluding carboxylic acids is 1. The maximum atomic E-state index is 12.3. The van der Waals surface area contributed by atoms with Crippen LogP contribution in [0.1, 0.15) is 36.7 Å². The van der Waals surface area contributed by atoms with Crippen molar-refractivity contribution in [3.63, 3.8) is 0 Å². The number of para-hydroxylation sites is 1. The first kappa shape index (κ1) is 18.0. The van der Waals surface area contributed by atoms with E-state index in [-0.39, 0.29) is 17.1 Å². The van der Waals surface area contributed by atoms with Crippen molar-refractivity contribution in [2.75, 3.05) is 5.32 Å². The van der Waals surface area contributed by atoms with Crippen LogP contribution in [0.2, 0.25) is 0 Å². The fourth-order valence-corrected chi connectivity index (χ4v) is 3.09. The van der Waals surface area contributed by atoms with Crippen molar-refractivity contribution >= 4 is 21.4 Å². The molecule has 0 saturated carbocycles. The molecule has 6 heteroatoms. The van der Waals surface area contributed by atoms with Crippen molar-refractivity contribution in [2.45, 2.75) is 31.3 Å². The number of phenolic OH excluding ortho intramolecular Hbond substituents is 1. The van der Waals surface area contributed by atoms with Crippen molar-refractivity contribution < 1.29 is 18.3 Å². The van der Waals surface area contributed by atoms with E-state index in [1.54, 1.807) is 57.2 Å². The second kappa shape index (κ2) is 6.65. The lowest BCUT2D eigenvalue weighted by molar-refractivity contribution is 0.102. The molecular weight excluding hydrogens is 326 g/mol. The number of carbonyl (C=O) groups is 1. The van der Waals surface area contributed by atoms with E-state index in [0.29, 0.717) is 11.3 Å². The Kier molecular flexibility index (Phi) is 4.99. The number of phenols is 1. The summed E-state index contributed by atoms with van der Waals surface area (Å²) in [6, 6.07) is 12.9. The van der Waals surface area contributed by atoms with Gasteiger partial charge in [-0.15, -0.1) is 0 Å². The highest BCUT2D eigenvalue weighted by molar-refractivity contribution is 7.91. The molecule has 0 aromatic heterocycles. The van der Waals surface area contributed by atoms with E-state index in [9.17, 15) is 18.3 Å². The third kappa shape index (κ3) is 4.14. The van der Waals surface area contributed by atoms with Crippen LogP contribution in [0.5, 0.6) is 5.75 Å². The minimum atomic E-state index is -3.31. The third-order valence-corrected chi connectivity index (χ3v) is 6.20. The normalized spacial score (nSPS) is 12.0. The Bertz CT molecular complexity index is 851. The van der Waals surface area contributed by atoms with Crippen LogP contribution >= 0.6 is 0 Å². The molecule has 0 fully saturated rings. The largest absolute Gasteiger partial charge is 0.507 e. The third-order valence-electron chi connectivity index (χ3n) is 3.62. The Labute approximate surface area is 142 Å². The lowest BCUT2D eigenvalue weighted by atomic mass is 10.1. The fourth-order valence-electron chi connectivity index (χ4n) is 2.04. The Morgan fingerprint density at radius 2 is 1.75 bits per heavy atom. The van der Waals surface area contributed by atoms with E-state index in [1.165, 1.54) is 12.1 Å². The number of benzene rings is 2. The maximum absolute atomic E-state index is 12.3. The minimum Gasteiger partial charge on any atom is -0.507 e. The number of anilines is 1. The molecule has 0 aliphatic carbocycles. The zero-order chi connectivity index (χ0) is 18.0. The van der Waals surface area contributed by atoms with Gasteiger partial charge in [0.05, 0.1) is 16.1 Å². The lowest BCUT2D eigenvalue weighted by Crippen LogP contribution is -2.29. The molecule has 0 spiro atoms. The summed E-state index contributed by atoms with van der Waals surface area (Å²) in [7, 11) is -3.31. The first-order chi connectivity index (χ1) is 11.1. The average Bonchev–Trinajstić information content (AvgIpc) is 2.46. The summed E-state index contributed by atoms with van der Waals surface area (Å²) in [5, 5.41) is 12.4. The first-order valence-corrected chi connectivity index (χ1v) is 9.16. The molecule has 0 radical (unpaired) electrons. The lowest BCUT2D eigenvalue weighted by Gasteiger charge is -2.19. The van der Waals surface area contributed by atoms with Crippen molar-refractivity contribution in [1.82, 2.24) is 0 Å². The van der Waals surface area contributed by atoms with E-state index in [4.69, 9.17) is 0 Å². The number of hydrogen-bond donors (Lipinski definition) is 2. The molecule has 5 nitrogen and oxygen atoms in total. The quantitative estimate of drug-likeness (QED) is 0.888. The van der Waals surface area contributed by atoms with Gasteiger partial charge in [0.1, 0.15) is 5.75 Å². The van der Waals surface area contributed by atoms with Crippen molar-refractivity contribution in [3.8, 4) is 5.75 Å². The molecule has 0 aliphatic rings. The van der Waals surface area contributed by atoms with Crippen LogP contribution in [0.3, 0.4) is 0 Å². The number of nitrogens with one attached hydrogen (secondary N) is 1. The summed E-state index contributed by atoms with van der Waals surface area (Å²) in [5.74, 6) is -0.665. The summed E-state index contributed by atoms with van der Waals surface area (Å²) in [6.07, 6.45) is 0. The van der Waals surface area contributed by atoms with Crippen LogP contribution < -0.4 is 5.32 Å². The van der Waals surface area contributed by atoms with Crippen LogP contribution in [-0.2, 0) is 15.6 Å². The van der Waals surface area contributed by atoms with Crippen LogP contribution in [0.4, 0.5) is 5.69 Å². The molecular formula is C18H21NO4S. The Morgan fingerprint density at radius 1 is 1.08 bits per heavy atom. The fraction of sp³-hybridized carbons (Fsp3) is 0.278. The molecule has 2 rings (SSSR count). The zero-order valence-corrected chi connectivity index (χ0v) is 14.7. The van der Waals surface area contributed by atoms with Gasteiger partial charge in [-0.3, -0.25) is 4.79 Å². The molecule has 0 heterocycles.